The Labute approximate surface area is 62.0 Å². The molecule has 2 N–H and O–H groups in total. The predicted octanol–water partition coefficient (Wildman–Crippen LogP) is 1.44. The zero-order chi connectivity index (χ0) is 7.98. The number of nitrogens with two attached hydrogens (primary N) is 1. The van der Waals surface area contributed by atoms with Crippen LogP contribution in [0.3, 0.4) is 0 Å². The van der Waals surface area contributed by atoms with Crippen LogP contribution in [-0.4, -0.2) is 0 Å². The zero-order valence-corrected chi connectivity index (χ0v) is 6.42. The van der Waals surface area contributed by atoms with Gasteiger partial charge in [0, 0.05) is 5.92 Å². The quantitative estimate of drug-likeness (QED) is 0.365. The van der Waals surface area contributed by atoms with Gasteiger partial charge in [-0.15, -0.1) is 6.42 Å². The molecule has 0 aliphatic rings. The first-order chi connectivity index (χ1) is 4.76. The Kier molecular flexibility index (Phi) is 4.43. The monoisotopic (exact) mass is 139 g/mol. The second kappa shape index (κ2) is 4.89. The van der Waals surface area contributed by atoms with Crippen molar-refractivity contribution in [1.82, 2.24) is 0 Å². The normalized spacial score (nSPS) is 14.0. The Morgan fingerprint density at radius 1 is 1.90 bits per heavy atom. The van der Waals surface area contributed by atoms with E-state index in [1.807, 2.05) is 13.8 Å². The summed E-state index contributed by atoms with van der Waals surface area (Å²) in [4.78, 5) is 4.33. The molecule has 0 saturated carbocycles. The van der Waals surface area contributed by atoms with Crippen LogP contribution in [0, 0.1) is 18.3 Å². The van der Waals surface area contributed by atoms with Gasteiger partial charge in [0.15, 0.2) is 0 Å². The van der Waals surface area contributed by atoms with E-state index in [9.17, 15) is 0 Å². The molecule has 0 amide bonds. The van der Waals surface area contributed by atoms with Crippen LogP contribution in [0.4, 0.5) is 0 Å². The lowest BCUT2D eigenvalue weighted by molar-refractivity contribution is 0.255. The molecule has 0 radical (unpaired) electrons. The summed E-state index contributed by atoms with van der Waals surface area (Å²) in [6.07, 6.45) is 7.63. The summed E-state index contributed by atoms with van der Waals surface area (Å²) in [6, 6.07) is 0. The van der Waals surface area contributed by atoms with Crippen LogP contribution >= 0.6 is 0 Å². The first-order valence-electron chi connectivity index (χ1n) is 3.24. The molecule has 2 heteroatoms. The third-order valence-corrected chi connectivity index (χ3v) is 1.41. The van der Waals surface area contributed by atoms with Gasteiger partial charge in [0.2, 0.25) is 0 Å². The van der Waals surface area contributed by atoms with E-state index >= 15 is 0 Å². The summed E-state index contributed by atoms with van der Waals surface area (Å²) in [5, 5.41) is 0. The van der Waals surface area contributed by atoms with Crippen LogP contribution in [0.2, 0.25) is 0 Å². The molecule has 0 aliphatic carbocycles. The first-order valence-corrected chi connectivity index (χ1v) is 3.24. The Bertz CT molecular complexity index is 155. The topological polar surface area (TPSA) is 35.2 Å². The summed E-state index contributed by atoms with van der Waals surface area (Å²) < 4.78 is 0. The molecule has 0 rings (SSSR count). The van der Waals surface area contributed by atoms with Gasteiger partial charge in [0.1, 0.15) is 6.26 Å². The number of terminal acetylenes is 1. The van der Waals surface area contributed by atoms with Gasteiger partial charge in [-0.05, 0) is 18.9 Å². The molecule has 2 nitrogen and oxygen atoms in total. The lowest BCUT2D eigenvalue weighted by Gasteiger charge is -2.05. The van der Waals surface area contributed by atoms with Gasteiger partial charge < -0.3 is 4.84 Å². The maximum atomic E-state index is 5.23. The summed E-state index contributed by atoms with van der Waals surface area (Å²) in [5.41, 5.74) is 0.993. The smallest absolute Gasteiger partial charge is 0.111 e. The van der Waals surface area contributed by atoms with Gasteiger partial charge in [0.05, 0.1) is 0 Å². The third-order valence-electron chi connectivity index (χ3n) is 1.41. The van der Waals surface area contributed by atoms with Crippen LogP contribution in [-0.2, 0) is 4.84 Å². The fourth-order valence-electron chi connectivity index (χ4n) is 0.761. The van der Waals surface area contributed by atoms with E-state index in [1.54, 1.807) is 0 Å². The highest BCUT2D eigenvalue weighted by Gasteiger charge is 2.02. The van der Waals surface area contributed by atoms with Crippen molar-refractivity contribution >= 4 is 0 Å². The maximum absolute atomic E-state index is 5.23. The minimum absolute atomic E-state index is 0.156. The molecule has 56 valence electrons. The first kappa shape index (κ1) is 9.06. The predicted molar refractivity (Wildman–Crippen MR) is 41.6 cm³/mol. The molecule has 0 saturated heterocycles. The molecular weight excluding hydrogens is 126 g/mol. The average molecular weight is 139 g/mol. The van der Waals surface area contributed by atoms with Crippen molar-refractivity contribution in [3.63, 3.8) is 0 Å². The fourth-order valence-corrected chi connectivity index (χ4v) is 0.761. The number of hydrogen-bond donors (Lipinski definition) is 1. The second-order valence-electron chi connectivity index (χ2n) is 2.13. The SMILES string of the molecule is C#CC(CC)/C(C)=C\ON. The van der Waals surface area contributed by atoms with Gasteiger partial charge in [-0.2, -0.15) is 5.90 Å². The highest BCUT2D eigenvalue weighted by atomic mass is 16.6. The molecule has 0 heterocycles. The highest BCUT2D eigenvalue weighted by Crippen LogP contribution is 2.12. The lowest BCUT2D eigenvalue weighted by Crippen LogP contribution is -1.99. The summed E-state index contributed by atoms with van der Waals surface area (Å²) in [7, 11) is 0. The van der Waals surface area contributed by atoms with Crippen molar-refractivity contribution in [3.8, 4) is 12.3 Å². The second-order valence-corrected chi connectivity index (χ2v) is 2.13. The van der Waals surface area contributed by atoms with Crippen LogP contribution in [0.5, 0.6) is 0 Å². The van der Waals surface area contributed by atoms with Crippen molar-refractivity contribution in [2.24, 2.45) is 11.8 Å². The average Bonchev–Trinajstić information content (AvgIpc) is 1.91. The van der Waals surface area contributed by atoms with Gasteiger partial charge in [-0.3, -0.25) is 0 Å². The molecule has 0 bridgehead atoms. The standard InChI is InChI=1S/C8H13NO/c1-4-8(5-2)7(3)6-10-9/h1,6,8H,5,9H2,2-3H3/b7-6-. The van der Waals surface area contributed by atoms with Crippen molar-refractivity contribution < 1.29 is 4.84 Å². The van der Waals surface area contributed by atoms with Gasteiger partial charge >= 0.3 is 0 Å². The summed E-state index contributed by atoms with van der Waals surface area (Å²) in [6.45, 7) is 3.93. The molecule has 1 atom stereocenters. The largest absolute Gasteiger partial charge is 0.419 e. The molecule has 0 fully saturated rings. The van der Waals surface area contributed by atoms with Crippen molar-refractivity contribution in [2.75, 3.05) is 0 Å². The fraction of sp³-hybridized carbons (Fsp3) is 0.500. The van der Waals surface area contributed by atoms with Crippen LogP contribution in [0.15, 0.2) is 11.8 Å². The van der Waals surface area contributed by atoms with Crippen LogP contribution < -0.4 is 5.90 Å². The van der Waals surface area contributed by atoms with E-state index in [0.29, 0.717) is 0 Å². The summed E-state index contributed by atoms with van der Waals surface area (Å²) in [5.74, 6) is 7.62. The minimum Gasteiger partial charge on any atom is -0.419 e. The van der Waals surface area contributed by atoms with Crippen LogP contribution in [0.25, 0.3) is 0 Å². The van der Waals surface area contributed by atoms with E-state index in [4.69, 9.17) is 12.3 Å². The van der Waals surface area contributed by atoms with E-state index in [0.717, 1.165) is 12.0 Å². The Morgan fingerprint density at radius 3 is 2.80 bits per heavy atom. The van der Waals surface area contributed by atoms with Gasteiger partial charge in [-0.25, -0.2) is 0 Å². The Balaban J connectivity index is 4.04. The van der Waals surface area contributed by atoms with E-state index in [-0.39, 0.29) is 5.92 Å². The maximum Gasteiger partial charge on any atom is 0.111 e. The zero-order valence-electron chi connectivity index (χ0n) is 6.42. The summed E-state index contributed by atoms with van der Waals surface area (Å²) >= 11 is 0. The van der Waals surface area contributed by atoms with Crippen molar-refractivity contribution in [3.05, 3.63) is 11.8 Å². The highest BCUT2D eigenvalue weighted by molar-refractivity contribution is 5.12. The van der Waals surface area contributed by atoms with Gasteiger partial charge in [-0.1, -0.05) is 12.8 Å². The molecule has 0 aromatic heterocycles. The molecule has 0 spiro atoms. The number of rotatable bonds is 3. The van der Waals surface area contributed by atoms with E-state index in [1.165, 1.54) is 6.26 Å². The lowest BCUT2D eigenvalue weighted by atomic mass is 10.0. The Hall–Kier alpha value is -0.940. The van der Waals surface area contributed by atoms with E-state index < -0.39 is 0 Å². The van der Waals surface area contributed by atoms with Crippen molar-refractivity contribution in [2.45, 2.75) is 20.3 Å². The molecule has 0 aromatic carbocycles. The number of allylic oxidation sites excluding steroid dienone is 1. The van der Waals surface area contributed by atoms with Gasteiger partial charge in [0.25, 0.3) is 0 Å². The molecular formula is C8H13NO. The van der Waals surface area contributed by atoms with E-state index in [2.05, 4.69) is 10.8 Å². The molecule has 0 aromatic rings. The van der Waals surface area contributed by atoms with Crippen molar-refractivity contribution in [1.29, 1.82) is 0 Å². The minimum atomic E-state index is 0.156. The molecule has 1 unspecified atom stereocenters. The number of hydrogen-bond acceptors (Lipinski definition) is 2. The molecule has 10 heavy (non-hydrogen) atoms. The molecule has 0 aliphatic heterocycles. The van der Waals surface area contributed by atoms with Crippen LogP contribution in [0.1, 0.15) is 20.3 Å². The third kappa shape index (κ3) is 2.56. The Morgan fingerprint density at radius 2 is 2.50 bits per heavy atom.